The minimum atomic E-state index is -1.35. The lowest BCUT2D eigenvalue weighted by Crippen LogP contribution is -2.53. The van der Waals surface area contributed by atoms with Gasteiger partial charge >= 0.3 is 11.9 Å². The first kappa shape index (κ1) is 34.8. The summed E-state index contributed by atoms with van der Waals surface area (Å²) in [4.78, 5) is 45.9. The molecule has 0 aromatic rings. The third-order valence-electron chi connectivity index (χ3n) is 6.38. The molecule has 0 saturated carbocycles. The van der Waals surface area contributed by atoms with E-state index >= 15 is 0 Å². The van der Waals surface area contributed by atoms with Crippen LogP contribution in [0.25, 0.3) is 0 Å². The summed E-state index contributed by atoms with van der Waals surface area (Å²) in [6.45, 7) is 3.89. The maximum Gasteiger partial charge on any atom is 0.326 e. The van der Waals surface area contributed by atoms with E-state index in [-0.39, 0.29) is 13.0 Å². The van der Waals surface area contributed by atoms with Gasteiger partial charge in [-0.1, -0.05) is 103 Å². The molecule has 0 aliphatic heterocycles. The van der Waals surface area contributed by atoms with E-state index in [1.807, 2.05) is 0 Å². The molecule has 0 spiro atoms. The highest BCUT2D eigenvalue weighted by molar-refractivity contribution is 5.90. The molecule has 0 aromatic heterocycles. The quantitative estimate of drug-likeness (QED) is 0.113. The zero-order valence-corrected chi connectivity index (χ0v) is 23.2. The van der Waals surface area contributed by atoms with Gasteiger partial charge in [0.1, 0.15) is 12.1 Å². The van der Waals surface area contributed by atoms with Gasteiger partial charge in [0, 0.05) is 20.0 Å². The molecule has 37 heavy (non-hydrogen) atoms. The summed E-state index contributed by atoms with van der Waals surface area (Å²) in [6.07, 6.45) is 19.8. The first-order valence-electron chi connectivity index (χ1n) is 14.4. The third kappa shape index (κ3) is 22.7. The number of carbonyl (C=O) groups excluding carboxylic acids is 2. The van der Waals surface area contributed by atoms with Crippen LogP contribution in [0.3, 0.4) is 0 Å². The van der Waals surface area contributed by atoms with Crippen molar-refractivity contribution in [1.29, 1.82) is 0 Å². The Morgan fingerprint density at radius 1 is 0.676 bits per heavy atom. The summed E-state index contributed by atoms with van der Waals surface area (Å²) in [7, 11) is 0. The number of amides is 2. The molecule has 0 aromatic carbocycles. The van der Waals surface area contributed by atoms with E-state index in [1.54, 1.807) is 0 Å². The molecule has 0 rings (SSSR count). The highest BCUT2D eigenvalue weighted by Gasteiger charge is 2.26. The first-order valence-corrected chi connectivity index (χ1v) is 14.4. The fraction of sp³-hybridized carbons (Fsp3) is 0.857. The van der Waals surface area contributed by atoms with Crippen LogP contribution in [0.5, 0.6) is 0 Å². The smallest absolute Gasteiger partial charge is 0.326 e. The topological polar surface area (TPSA) is 142 Å². The maximum atomic E-state index is 12.4. The summed E-state index contributed by atoms with van der Waals surface area (Å²) >= 11 is 0. The Morgan fingerprint density at radius 2 is 1.14 bits per heavy atom. The third-order valence-corrected chi connectivity index (χ3v) is 6.38. The van der Waals surface area contributed by atoms with Crippen molar-refractivity contribution < 1.29 is 34.1 Å². The van der Waals surface area contributed by atoms with Crippen molar-refractivity contribution >= 4 is 23.8 Å². The Bertz CT molecular complexity index is 628. The average Bonchev–Trinajstić information content (AvgIpc) is 2.84. The van der Waals surface area contributed by atoms with Crippen molar-refractivity contribution in [2.75, 3.05) is 13.2 Å². The molecule has 4 N–H and O–H groups in total. The zero-order chi connectivity index (χ0) is 27.7. The molecule has 9 nitrogen and oxygen atoms in total. The van der Waals surface area contributed by atoms with Crippen LogP contribution in [0.2, 0.25) is 0 Å². The Labute approximate surface area is 223 Å². The molecule has 0 heterocycles. The van der Waals surface area contributed by atoms with E-state index in [0.717, 1.165) is 19.3 Å². The molecule has 0 fully saturated rings. The van der Waals surface area contributed by atoms with Crippen molar-refractivity contribution in [2.24, 2.45) is 0 Å². The molecule has 1 unspecified atom stereocenters. The first-order chi connectivity index (χ1) is 17.8. The van der Waals surface area contributed by atoms with E-state index < -0.39 is 42.3 Å². The number of carbonyl (C=O) groups is 4. The number of aliphatic carboxylic acids is 2. The predicted octanol–water partition coefficient (Wildman–Crippen LogP) is 5.20. The molecule has 0 saturated heterocycles. The molecule has 0 aliphatic carbocycles. The van der Waals surface area contributed by atoms with Crippen LogP contribution in [0.15, 0.2) is 0 Å². The van der Waals surface area contributed by atoms with Crippen molar-refractivity contribution in [3.05, 3.63) is 0 Å². The SMILES string of the molecule is CCCCCCCCCCCCCCCCCCOCC(NC(C)=O)C(=O)N[C@@H](CCC(=O)O)C(=O)O. The second-order valence-corrected chi connectivity index (χ2v) is 9.96. The summed E-state index contributed by atoms with van der Waals surface area (Å²) in [5.74, 6) is -3.63. The van der Waals surface area contributed by atoms with Gasteiger partial charge in [-0.15, -0.1) is 0 Å². The van der Waals surface area contributed by atoms with Gasteiger partial charge in [-0.2, -0.15) is 0 Å². The van der Waals surface area contributed by atoms with Crippen LogP contribution in [0.1, 0.15) is 129 Å². The monoisotopic (exact) mass is 528 g/mol. The molecule has 2 amide bonds. The molecule has 2 atom stereocenters. The molecule has 0 radical (unpaired) electrons. The number of hydrogen-bond acceptors (Lipinski definition) is 5. The predicted molar refractivity (Wildman–Crippen MR) is 144 cm³/mol. The molecule has 216 valence electrons. The number of ether oxygens (including phenoxy) is 1. The van der Waals surface area contributed by atoms with E-state index in [1.165, 1.54) is 90.4 Å². The molecule has 0 bridgehead atoms. The van der Waals surface area contributed by atoms with E-state index in [4.69, 9.17) is 9.84 Å². The zero-order valence-electron chi connectivity index (χ0n) is 23.2. The van der Waals surface area contributed by atoms with Gasteiger partial charge in [0.05, 0.1) is 6.61 Å². The van der Waals surface area contributed by atoms with Crippen molar-refractivity contribution in [1.82, 2.24) is 10.6 Å². The Hall–Kier alpha value is -2.16. The molecule has 9 heteroatoms. The highest BCUT2D eigenvalue weighted by atomic mass is 16.5. The van der Waals surface area contributed by atoms with Crippen LogP contribution in [-0.2, 0) is 23.9 Å². The number of carboxylic acids is 2. The molecule has 0 aliphatic rings. The van der Waals surface area contributed by atoms with Crippen LogP contribution in [0, 0.1) is 0 Å². The number of nitrogens with one attached hydrogen (secondary N) is 2. The van der Waals surface area contributed by atoms with Crippen LogP contribution in [0.4, 0.5) is 0 Å². The van der Waals surface area contributed by atoms with Gasteiger partial charge in [-0.05, 0) is 12.8 Å². The van der Waals surface area contributed by atoms with E-state index in [9.17, 15) is 24.3 Å². The lowest BCUT2D eigenvalue weighted by Gasteiger charge is -2.20. The fourth-order valence-electron chi connectivity index (χ4n) is 4.18. The molecular formula is C28H52N2O7. The van der Waals surface area contributed by atoms with Crippen LogP contribution >= 0.6 is 0 Å². The Kier molecular flexibility index (Phi) is 22.8. The number of unbranched alkanes of at least 4 members (excludes halogenated alkanes) is 15. The van der Waals surface area contributed by atoms with Crippen LogP contribution < -0.4 is 10.6 Å². The van der Waals surface area contributed by atoms with Gasteiger partial charge in [-0.25, -0.2) is 4.79 Å². The van der Waals surface area contributed by atoms with E-state index in [0.29, 0.717) is 6.61 Å². The average molecular weight is 529 g/mol. The van der Waals surface area contributed by atoms with Crippen molar-refractivity contribution in [2.45, 2.75) is 142 Å². The van der Waals surface area contributed by atoms with Gasteiger partial charge < -0.3 is 25.6 Å². The minimum Gasteiger partial charge on any atom is -0.481 e. The highest BCUT2D eigenvalue weighted by Crippen LogP contribution is 2.13. The molecular weight excluding hydrogens is 476 g/mol. The standard InChI is InChI=1S/C28H52N2O7/c1-3-4-5-6-7-8-9-10-11-12-13-14-15-16-17-18-21-37-22-25(29-23(2)31)27(34)30-24(28(35)36)19-20-26(32)33/h24-25H,3-22H2,1-2H3,(H,29,31)(H,30,34)(H,32,33)(H,35,36)/t24-,25?/m0/s1. The normalized spacial score (nSPS) is 12.6. The maximum absolute atomic E-state index is 12.4. The minimum absolute atomic E-state index is 0.0740. The Balaban J connectivity index is 3.86. The van der Waals surface area contributed by atoms with Gasteiger partial charge in [0.25, 0.3) is 0 Å². The van der Waals surface area contributed by atoms with Gasteiger partial charge in [-0.3, -0.25) is 14.4 Å². The summed E-state index contributed by atoms with van der Waals surface area (Å²) in [6, 6.07) is -2.38. The summed E-state index contributed by atoms with van der Waals surface area (Å²) in [5.41, 5.74) is 0. The Morgan fingerprint density at radius 3 is 1.54 bits per heavy atom. The van der Waals surface area contributed by atoms with Gasteiger partial charge in [0.2, 0.25) is 11.8 Å². The number of carboxylic acid groups (broad SMARTS) is 2. The lowest BCUT2D eigenvalue weighted by molar-refractivity contribution is -0.143. The van der Waals surface area contributed by atoms with Crippen molar-refractivity contribution in [3.8, 4) is 0 Å². The van der Waals surface area contributed by atoms with Crippen molar-refractivity contribution in [3.63, 3.8) is 0 Å². The van der Waals surface area contributed by atoms with Crippen LogP contribution in [-0.4, -0.2) is 59.3 Å². The summed E-state index contributed by atoms with van der Waals surface area (Å²) < 4.78 is 5.56. The second kappa shape index (κ2) is 24.2. The lowest BCUT2D eigenvalue weighted by atomic mass is 10.0. The largest absolute Gasteiger partial charge is 0.481 e. The summed E-state index contributed by atoms with van der Waals surface area (Å²) in [5, 5.41) is 22.7. The second-order valence-electron chi connectivity index (χ2n) is 9.96. The van der Waals surface area contributed by atoms with Gasteiger partial charge in [0.15, 0.2) is 0 Å². The van der Waals surface area contributed by atoms with E-state index in [2.05, 4.69) is 17.6 Å². The fourth-order valence-corrected chi connectivity index (χ4v) is 4.18. The number of hydrogen-bond donors (Lipinski definition) is 4. The number of rotatable bonds is 26.